The van der Waals surface area contributed by atoms with Crippen LogP contribution in [0.4, 0.5) is 5.69 Å². The van der Waals surface area contributed by atoms with E-state index in [1.807, 2.05) is 31.2 Å². The summed E-state index contributed by atoms with van der Waals surface area (Å²) in [5, 5.41) is 6.08. The molecule has 2 N–H and O–H groups in total. The van der Waals surface area contributed by atoms with Crippen LogP contribution in [0, 0.1) is 18.8 Å². The molecule has 1 saturated heterocycles. The fourth-order valence-corrected chi connectivity index (χ4v) is 3.95. The molecule has 2 fully saturated rings. The van der Waals surface area contributed by atoms with Gasteiger partial charge in [-0.3, -0.25) is 19.5 Å². The molecule has 6 heteroatoms. The van der Waals surface area contributed by atoms with Crippen molar-refractivity contribution in [3.05, 3.63) is 59.4 Å². The summed E-state index contributed by atoms with van der Waals surface area (Å²) in [4.78, 5) is 31.2. The average Bonchev–Trinajstić information content (AvgIpc) is 3.57. The highest BCUT2D eigenvalue weighted by atomic mass is 16.2. The van der Waals surface area contributed by atoms with Gasteiger partial charge >= 0.3 is 0 Å². The molecule has 0 radical (unpaired) electrons. The number of hydrogen-bond donors (Lipinski definition) is 2. The van der Waals surface area contributed by atoms with E-state index in [1.165, 1.54) is 12.8 Å². The lowest BCUT2D eigenvalue weighted by atomic mass is 9.95. The molecular formula is C24H30N4O2. The molecule has 0 bridgehead atoms. The molecule has 6 nitrogen and oxygen atoms in total. The summed E-state index contributed by atoms with van der Waals surface area (Å²) in [6.07, 6.45) is 7.66. The van der Waals surface area contributed by atoms with Crippen LogP contribution >= 0.6 is 0 Å². The Bertz CT molecular complexity index is 902. The minimum atomic E-state index is -0.152. The van der Waals surface area contributed by atoms with Gasteiger partial charge in [0.1, 0.15) is 0 Å². The molecule has 1 saturated carbocycles. The number of aromatic nitrogens is 1. The van der Waals surface area contributed by atoms with Crippen molar-refractivity contribution in [1.29, 1.82) is 0 Å². The van der Waals surface area contributed by atoms with Gasteiger partial charge in [-0.2, -0.15) is 0 Å². The van der Waals surface area contributed by atoms with Crippen LogP contribution in [-0.2, 0) is 11.3 Å². The fraction of sp³-hybridized carbons (Fsp3) is 0.458. The molecule has 158 valence electrons. The third-order valence-corrected chi connectivity index (χ3v) is 5.95. The standard InChI is InChI=1S/C24H30N4O2/c1-17-11-21(15-25-13-17)24(30)27-22-4-2-3-19(12-22)16-28-9-7-20(8-10-28)23(29)26-14-18-5-6-18/h2-4,11-13,15,18,20H,5-10,14,16H2,1H3,(H,26,29)(H,27,30). The number of rotatable bonds is 7. The molecule has 0 atom stereocenters. The number of piperidine rings is 1. The molecule has 30 heavy (non-hydrogen) atoms. The maximum atomic E-state index is 12.5. The van der Waals surface area contributed by atoms with E-state index in [4.69, 9.17) is 0 Å². The number of carbonyl (C=O) groups excluding carboxylic acids is 2. The molecule has 2 amide bonds. The maximum absolute atomic E-state index is 12.5. The molecule has 4 rings (SSSR count). The van der Waals surface area contributed by atoms with Crippen molar-refractivity contribution in [2.24, 2.45) is 11.8 Å². The van der Waals surface area contributed by atoms with Crippen LogP contribution in [0.15, 0.2) is 42.7 Å². The largest absolute Gasteiger partial charge is 0.356 e. The number of nitrogens with zero attached hydrogens (tertiary/aromatic N) is 2. The molecule has 0 unspecified atom stereocenters. The van der Waals surface area contributed by atoms with Gasteiger partial charge in [-0.15, -0.1) is 0 Å². The second-order valence-electron chi connectivity index (χ2n) is 8.64. The predicted molar refractivity (Wildman–Crippen MR) is 117 cm³/mol. The Balaban J connectivity index is 1.27. The third-order valence-electron chi connectivity index (χ3n) is 5.95. The number of carbonyl (C=O) groups is 2. The SMILES string of the molecule is Cc1cncc(C(=O)Nc2cccc(CN3CCC(C(=O)NCC4CC4)CC3)c2)c1. The Kier molecular flexibility index (Phi) is 6.43. The summed E-state index contributed by atoms with van der Waals surface area (Å²) >= 11 is 0. The predicted octanol–water partition coefficient (Wildman–Crippen LogP) is 3.38. The summed E-state index contributed by atoms with van der Waals surface area (Å²) in [5.74, 6) is 0.954. The van der Waals surface area contributed by atoms with E-state index in [2.05, 4.69) is 26.6 Å². The zero-order valence-corrected chi connectivity index (χ0v) is 17.6. The van der Waals surface area contributed by atoms with Crippen molar-refractivity contribution in [2.75, 3.05) is 25.0 Å². The van der Waals surface area contributed by atoms with Crippen molar-refractivity contribution in [3.8, 4) is 0 Å². The highest BCUT2D eigenvalue weighted by molar-refractivity contribution is 6.04. The fourth-order valence-electron chi connectivity index (χ4n) is 3.95. The summed E-state index contributed by atoms with van der Waals surface area (Å²) in [6.45, 7) is 5.45. The lowest BCUT2D eigenvalue weighted by molar-refractivity contribution is -0.126. The van der Waals surface area contributed by atoms with Crippen LogP contribution in [0.3, 0.4) is 0 Å². The molecule has 2 heterocycles. The first-order valence-corrected chi connectivity index (χ1v) is 10.9. The first-order valence-electron chi connectivity index (χ1n) is 10.9. The smallest absolute Gasteiger partial charge is 0.257 e. The normalized spacial score (nSPS) is 17.5. The van der Waals surface area contributed by atoms with Crippen LogP contribution in [0.1, 0.15) is 47.2 Å². The van der Waals surface area contributed by atoms with Crippen molar-refractivity contribution < 1.29 is 9.59 Å². The number of aryl methyl sites for hydroxylation is 1. The second kappa shape index (κ2) is 9.39. The van der Waals surface area contributed by atoms with Crippen LogP contribution < -0.4 is 10.6 Å². The Hall–Kier alpha value is -2.73. The number of likely N-dealkylation sites (tertiary alicyclic amines) is 1. The van der Waals surface area contributed by atoms with Gasteiger partial charge in [0.2, 0.25) is 5.91 Å². The third kappa shape index (κ3) is 5.66. The van der Waals surface area contributed by atoms with Gasteiger partial charge in [-0.1, -0.05) is 12.1 Å². The number of hydrogen-bond acceptors (Lipinski definition) is 4. The quantitative estimate of drug-likeness (QED) is 0.739. The highest BCUT2D eigenvalue weighted by Crippen LogP contribution is 2.28. The summed E-state index contributed by atoms with van der Waals surface area (Å²) in [6, 6.07) is 9.81. The van der Waals surface area contributed by atoms with Gasteiger partial charge in [0.25, 0.3) is 5.91 Å². The molecule has 2 aromatic rings. The number of benzene rings is 1. The van der Waals surface area contributed by atoms with Gasteiger partial charge < -0.3 is 10.6 Å². The molecule has 1 aliphatic carbocycles. The Labute approximate surface area is 178 Å². The molecule has 0 spiro atoms. The second-order valence-corrected chi connectivity index (χ2v) is 8.64. The Morgan fingerprint density at radius 2 is 1.90 bits per heavy atom. The van der Waals surface area contributed by atoms with E-state index in [0.29, 0.717) is 5.56 Å². The maximum Gasteiger partial charge on any atom is 0.257 e. The van der Waals surface area contributed by atoms with Crippen LogP contribution in [0.25, 0.3) is 0 Å². The monoisotopic (exact) mass is 406 g/mol. The Morgan fingerprint density at radius 3 is 2.63 bits per heavy atom. The number of anilines is 1. The lowest BCUT2D eigenvalue weighted by Gasteiger charge is -2.31. The summed E-state index contributed by atoms with van der Waals surface area (Å²) in [5.41, 5.74) is 3.46. The van der Waals surface area contributed by atoms with Gasteiger partial charge in [-0.25, -0.2) is 0 Å². The molecule has 1 aromatic carbocycles. The van der Waals surface area contributed by atoms with E-state index in [-0.39, 0.29) is 17.7 Å². The van der Waals surface area contributed by atoms with E-state index >= 15 is 0 Å². The molecule has 1 aliphatic heterocycles. The van der Waals surface area contributed by atoms with Crippen LogP contribution in [-0.4, -0.2) is 41.3 Å². The number of nitrogens with one attached hydrogen (secondary N) is 2. The van der Waals surface area contributed by atoms with Gasteiger partial charge in [0.15, 0.2) is 0 Å². The van der Waals surface area contributed by atoms with E-state index in [1.54, 1.807) is 12.4 Å². The average molecular weight is 407 g/mol. The van der Waals surface area contributed by atoms with Crippen molar-refractivity contribution >= 4 is 17.5 Å². The van der Waals surface area contributed by atoms with Gasteiger partial charge in [0.05, 0.1) is 5.56 Å². The van der Waals surface area contributed by atoms with Crippen molar-refractivity contribution in [1.82, 2.24) is 15.2 Å². The molecular weight excluding hydrogens is 376 g/mol. The van der Waals surface area contributed by atoms with Gasteiger partial charge in [-0.05, 0) is 80.9 Å². The highest BCUT2D eigenvalue weighted by Gasteiger charge is 2.27. The van der Waals surface area contributed by atoms with Gasteiger partial charge in [0, 0.05) is 37.1 Å². The topological polar surface area (TPSA) is 74.3 Å². The van der Waals surface area contributed by atoms with E-state index < -0.39 is 0 Å². The Morgan fingerprint density at radius 1 is 1.10 bits per heavy atom. The zero-order valence-electron chi connectivity index (χ0n) is 17.6. The van der Waals surface area contributed by atoms with E-state index in [0.717, 1.165) is 61.8 Å². The van der Waals surface area contributed by atoms with Crippen molar-refractivity contribution in [3.63, 3.8) is 0 Å². The minimum absolute atomic E-state index is 0.147. The molecule has 1 aromatic heterocycles. The first-order chi connectivity index (χ1) is 14.6. The zero-order chi connectivity index (χ0) is 20.9. The summed E-state index contributed by atoms with van der Waals surface area (Å²) < 4.78 is 0. The summed E-state index contributed by atoms with van der Waals surface area (Å²) in [7, 11) is 0. The van der Waals surface area contributed by atoms with Crippen molar-refractivity contribution in [2.45, 2.75) is 39.2 Å². The number of pyridine rings is 1. The first kappa shape index (κ1) is 20.5. The lowest BCUT2D eigenvalue weighted by Crippen LogP contribution is -2.40. The van der Waals surface area contributed by atoms with E-state index in [9.17, 15) is 9.59 Å². The van der Waals surface area contributed by atoms with Crippen LogP contribution in [0.5, 0.6) is 0 Å². The minimum Gasteiger partial charge on any atom is -0.356 e. The number of amides is 2. The molecule has 2 aliphatic rings. The van der Waals surface area contributed by atoms with Crippen LogP contribution in [0.2, 0.25) is 0 Å².